The number of nitrogens with one attached hydrogen (secondary N) is 1. The molecule has 1 heterocycles. The monoisotopic (exact) mass is 276 g/mol. The molecule has 0 aliphatic carbocycles. The van der Waals surface area contributed by atoms with E-state index in [-0.39, 0.29) is 24.4 Å². The summed E-state index contributed by atoms with van der Waals surface area (Å²) in [5.41, 5.74) is 0.952. The molecule has 5 nitrogen and oxygen atoms in total. The normalized spacial score (nSPS) is 15.9. The molecule has 1 aromatic carbocycles. The van der Waals surface area contributed by atoms with Gasteiger partial charge in [-0.3, -0.25) is 9.59 Å². The molecule has 0 spiro atoms. The average molecular weight is 276 g/mol. The highest BCUT2D eigenvalue weighted by Crippen LogP contribution is 2.16. The van der Waals surface area contributed by atoms with Crippen molar-refractivity contribution in [1.82, 2.24) is 10.2 Å². The van der Waals surface area contributed by atoms with Crippen molar-refractivity contribution in [2.45, 2.75) is 18.9 Å². The molecule has 0 bridgehead atoms. The molecule has 0 saturated carbocycles. The molecule has 1 aromatic rings. The first-order valence-corrected chi connectivity index (χ1v) is 7.10. The van der Waals surface area contributed by atoms with Gasteiger partial charge in [-0.25, -0.2) is 0 Å². The van der Waals surface area contributed by atoms with Crippen LogP contribution in [0.5, 0.6) is 0 Å². The van der Waals surface area contributed by atoms with Crippen molar-refractivity contribution < 1.29 is 14.9 Å². The molecule has 0 aromatic heterocycles. The average Bonchev–Trinajstić information content (AvgIpc) is 3.02. The molecule has 1 saturated heterocycles. The van der Waals surface area contributed by atoms with Crippen LogP contribution in [0.2, 0.25) is 0 Å². The van der Waals surface area contributed by atoms with Crippen LogP contribution in [0.25, 0.3) is 0 Å². The Hall–Kier alpha value is -1.88. The van der Waals surface area contributed by atoms with E-state index in [0.29, 0.717) is 0 Å². The van der Waals surface area contributed by atoms with E-state index in [1.807, 2.05) is 40.5 Å². The lowest BCUT2D eigenvalue weighted by molar-refractivity contribution is -0.673. The maximum absolute atomic E-state index is 12.6. The van der Waals surface area contributed by atoms with Gasteiger partial charge in [-0.1, -0.05) is 30.3 Å². The Balaban J connectivity index is 2.10. The molecule has 1 atom stereocenters. The predicted octanol–water partition coefficient (Wildman–Crippen LogP) is -0.340. The number of benzene rings is 1. The van der Waals surface area contributed by atoms with Gasteiger partial charge in [-0.15, -0.1) is 0 Å². The Kier molecular flexibility index (Phi) is 5.12. The highest BCUT2D eigenvalue weighted by atomic mass is 16.2. The number of hydrogen-bond donors (Lipinski definition) is 2. The third kappa shape index (κ3) is 3.57. The van der Waals surface area contributed by atoms with Gasteiger partial charge in [0.2, 0.25) is 0 Å². The lowest BCUT2D eigenvalue weighted by Crippen LogP contribution is -2.89. The minimum atomic E-state index is -0.327. The molecule has 108 valence electrons. The van der Waals surface area contributed by atoms with Gasteiger partial charge in [-0.2, -0.15) is 0 Å². The van der Waals surface area contributed by atoms with Crippen molar-refractivity contribution in [2.24, 2.45) is 0 Å². The van der Waals surface area contributed by atoms with E-state index in [4.69, 9.17) is 0 Å². The fraction of sp³-hybridized carbons (Fsp3) is 0.467. The first kappa shape index (κ1) is 14.5. The van der Waals surface area contributed by atoms with Crippen LogP contribution in [0.3, 0.4) is 0 Å². The first-order valence-electron chi connectivity index (χ1n) is 7.10. The fourth-order valence-corrected chi connectivity index (χ4v) is 2.50. The van der Waals surface area contributed by atoms with Crippen LogP contribution >= 0.6 is 0 Å². The van der Waals surface area contributed by atoms with Crippen molar-refractivity contribution >= 4 is 11.8 Å². The largest absolute Gasteiger partial charge is 0.354 e. The van der Waals surface area contributed by atoms with Gasteiger partial charge in [0.05, 0.1) is 0 Å². The lowest BCUT2D eigenvalue weighted by Gasteiger charge is -2.21. The Morgan fingerprint density at radius 3 is 2.50 bits per heavy atom. The minimum absolute atomic E-state index is 0.0693. The van der Waals surface area contributed by atoms with Crippen LogP contribution in [0.15, 0.2) is 30.3 Å². The van der Waals surface area contributed by atoms with Gasteiger partial charge < -0.3 is 15.5 Å². The van der Waals surface area contributed by atoms with Crippen molar-refractivity contribution in [1.29, 1.82) is 0 Å². The third-order valence-electron chi connectivity index (χ3n) is 3.66. The molecule has 2 rings (SSSR count). The number of rotatable bonds is 5. The second-order valence-electron chi connectivity index (χ2n) is 5.03. The van der Waals surface area contributed by atoms with Gasteiger partial charge in [0.15, 0.2) is 12.6 Å². The predicted molar refractivity (Wildman–Crippen MR) is 75.9 cm³/mol. The maximum atomic E-state index is 12.6. The Bertz CT molecular complexity index is 455. The molecule has 0 unspecified atom stereocenters. The SMILES string of the molecule is CNC(=O)C[NH2+][C@H](C(=O)N1CCCC1)c1ccccc1. The van der Waals surface area contributed by atoms with Crippen molar-refractivity contribution in [3.63, 3.8) is 0 Å². The topological polar surface area (TPSA) is 66.0 Å². The molecular weight excluding hydrogens is 254 g/mol. The zero-order chi connectivity index (χ0) is 14.4. The molecule has 2 amide bonds. The van der Waals surface area contributed by atoms with Crippen molar-refractivity contribution in [3.05, 3.63) is 35.9 Å². The second-order valence-corrected chi connectivity index (χ2v) is 5.03. The van der Waals surface area contributed by atoms with Crippen LogP contribution < -0.4 is 10.6 Å². The number of carbonyl (C=O) groups is 2. The molecule has 1 fully saturated rings. The molecule has 1 aliphatic rings. The fourth-order valence-electron chi connectivity index (χ4n) is 2.50. The number of hydrogen-bond acceptors (Lipinski definition) is 2. The number of nitrogens with zero attached hydrogens (tertiary/aromatic N) is 1. The number of amides is 2. The molecule has 3 N–H and O–H groups in total. The summed E-state index contributed by atoms with van der Waals surface area (Å²) in [5, 5.41) is 4.40. The van der Waals surface area contributed by atoms with Gasteiger partial charge in [-0.05, 0) is 12.8 Å². The van der Waals surface area contributed by atoms with E-state index in [9.17, 15) is 9.59 Å². The first-order chi connectivity index (χ1) is 9.72. The number of likely N-dealkylation sites (tertiary alicyclic amines) is 1. The summed E-state index contributed by atoms with van der Waals surface area (Å²) in [7, 11) is 1.61. The zero-order valence-electron chi connectivity index (χ0n) is 11.8. The summed E-state index contributed by atoms with van der Waals surface area (Å²) in [6.07, 6.45) is 2.14. The summed E-state index contributed by atoms with van der Waals surface area (Å²) in [4.78, 5) is 25.9. The van der Waals surface area contributed by atoms with Crippen LogP contribution in [0, 0.1) is 0 Å². The van der Waals surface area contributed by atoms with Crippen LogP contribution in [0.1, 0.15) is 24.4 Å². The zero-order valence-corrected chi connectivity index (χ0v) is 11.8. The summed E-state index contributed by atoms with van der Waals surface area (Å²) < 4.78 is 0. The Morgan fingerprint density at radius 2 is 1.90 bits per heavy atom. The highest BCUT2D eigenvalue weighted by Gasteiger charge is 2.30. The van der Waals surface area contributed by atoms with E-state index in [2.05, 4.69) is 5.32 Å². The minimum Gasteiger partial charge on any atom is -0.354 e. The van der Waals surface area contributed by atoms with Gasteiger partial charge in [0.25, 0.3) is 11.8 Å². The molecule has 5 heteroatoms. The van der Waals surface area contributed by atoms with Gasteiger partial charge >= 0.3 is 0 Å². The van der Waals surface area contributed by atoms with Crippen LogP contribution in [-0.2, 0) is 9.59 Å². The van der Waals surface area contributed by atoms with E-state index < -0.39 is 0 Å². The number of quaternary nitrogens is 1. The van der Waals surface area contributed by atoms with Crippen LogP contribution in [-0.4, -0.2) is 43.4 Å². The molecule has 20 heavy (non-hydrogen) atoms. The van der Waals surface area contributed by atoms with Gasteiger partial charge in [0.1, 0.15) is 0 Å². The van der Waals surface area contributed by atoms with E-state index in [1.54, 1.807) is 7.05 Å². The quantitative estimate of drug-likeness (QED) is 0.772. The summed E-state index contributed by atoms with van der Waals surface area (Å²) >= 11 is 0. The van der Waals surface area contributed by atoms with E-state index >= 15 is 0 Å². The van der Waals surface area contributed by atoms with Gasteiger partial charge in [0, 0.05) is 25.7 Å². The van der Waals surface area contributed by atoms with Crippen LogP contribution in [0.4, 0.5) is 0 Å². The molecule has 1 aliphatic heterocycles. The Labute approximate surface area is 119 Å². The summed E-state index contributed by atoms with van der Waals surface area (Å²) in [6.45, 7) is 1.92. The smallest absolute Gasteiger partial charge is 0.285 e. The molecular formula is C15H22N3O2+. The second kappa shape index (κ2) is 7.05. The number of likely N-dealkylation sites (N-methyl/N-ethyl adjacent to an activating group) is 1. The maximum Gasteiger partial charge on any atom is 0.285 e. The van der Waals surface area contributed by atoms with Crippen molar-refractivity contribution in [3.8, 4) is 0 Å². The highest BCUT2D eigenvalue weighted by molar-refractivity contribution is 5.82. The van der Waals surface area contributed by atoms with E-state index in [0.717, 1.165) is 31.5 Å². The number of nitrogens with two attached hydrogens (primary N) is 1. The van der Waals surface area contributed by atoms with Crippen molar-refractivity contribution in [2.75, 3.05) is 26.7 Å². The lowest BCUT2D eigenvalue weighted by atomic mass is 10.1. The Morgan fingerprint density at radius 1 is 1.25 bits per heavy atom. The molecule has 0 radical (unpaired) electrons. The third-order valence-corrected chi connectivity index (χ3v) is 3.66. The standard InChI is InChI=1S/C15H21N3O2/c1-16-13(19)11-17-14(12-7-3-2-4-8-12)15(20)18-9-5-6-10-18/h2-4,7-8,14,17H,5-6,9-11H2,1H3,(H,16,19)/p+1/t14-/m0/s1. The number of carbonyl (C=O) groups excluding carboxylic acids is 2. The van der Waals surface area contributed by atoms with E-state index in [1.165, 1.54) is 0 Å². The summed E-state index contributed by atoms with van der Waals surface area (Å²) in [6, 6.07) is 9.34. The summed E-state index contributed by atoms with van der Waals surface area (Å²) in [5.74, 6) is 0.0396.